The molecule has 86 valence electrons. The van der Waals surface area contributed by atoms with E-state index in [-0.39, 0.29) is 18.1 Å². The van der Waals surface area contributed by atoms with E-state index >= 15 is 0 Å². The molecule has 0 bridgehead atoms. The molecule has 0 radical (unpaired) electrons. The summed E-state index contributed by atoms with van der Waals surface area (Å²) < 4.78 is 0. The summed E-state index contributed by atoms with van der Waals surface area (Å²) in [6.07, 6.45) is 0.844. The Morgan fingerprint density at radius 1 is 1.38 bits per heavy atom. The second kappa shape index (κ2) is 4.26. The zero-order chi connectivity index (χ0) is 11.6. The Balaban J connectivity index is 2.31. The van der Waals surface area contributed by atoms with Gasteiger partial charge < -0.3 is 9.94 Å². The van der Waals surface area contributed by atoms with Gasteiger partial charge in [-0.15, -0.1) is 0 Å². The first-order chi connectivity index (χ1) is 7.62. The van der Waals surface area contributed by atoms with Crippen molar-refractivity contribution in [1.29, 1.82) is 0 Å². The van der Waals surface area contributed by atoms with Gasteiger partial charge in [0.05, 0.1) is 12.3 Å². The number of aliphatic hydroxyl groups is 1. The van der Waals surface area contributed by atoms with Gasteiger partial charge in [-0.25, -0.2) is 0 Å². The fourth-order valence-electron chi connectivity index (χ4n) is 2.03. The molecule has 0 spiro atoms. The smallest absolute Gasteiger partial charge is 0.133 e. The molecule has 1 aliphatic rings. The van der Waals surface area contributed by atoms with Crippen molar-refractivity contribution in [2.45, 2.75) is 31.8 Å². The van der Waals surface area contributed by atoms with Crippen LogP contribution in [-0.4, -0.2) is 23.0 Å². The molecule has 0 saturated heterocycles. The maximum Gasteiger partial charge on any atom is 0.133 e. The first-order valence-electron chi connectivity index (χ1n) is 5.53. The molecule has 1 N–H and O–H groups in total. The highest BCUT2D eigenvalue weighted by Gasteiger charge is 2.33. The number of benzene rings is 1. The van der Waals surface area contributed by atoms with E-state index in [0.717, 1.165) is 6.42 Å². The lowest BCUT2D eigenvalue weighted by atomic mass is 9.84. The second-order valence-corrected chi connectivity index (χ2v) is 4.76. The third-order valence-corrected chi connectivity index (χ3v) is 2.87. The van der Waals surface area contributed by atoms with Crippen LogP contribution in [0.1, 0.15) is 31.7 Å². The molecule has 1 aromatic carbocycles. The fraction of sp³-hybridized carbons (Fsp3) is 0.462. The third-order valence-electron chi connectivity index (χ3n) is 2.87. The van der Waals surface area contributed by atoms with E-state index < -0.39 is 0 Å². The number of hydrogen-bond donors (Lipinski definition) is 1. The number of hydrogen-bond acceptors (Lipinski definition) is 3. The van der Waals surface area contributed by atoms with Crippen molar-refractivity contribution in [1.82, 2.24) is 0 Å². The summed E-state index contributed by atoms with van der Waals surface area (Å²) in [6.45, 7) is 3.98. The van der Waals surface area contributed by atoms with Crippen molar-refractivity contribution < 1.29 is 9.94 Å². The highest BCUT2D eigenvalue weighted by atomic mass is 16.7. The van der Waals surface area contributed by atoms with Crippen LogP contribution in [-0.2, 0) is 4.84 Å². The molecule has 16 heavy (non-hydrogen) atoms. The van der Waals surface area contributed by atoms with Crippen molar-refractivity contribution in [3.05, 3.63) is 35.9 Å². The molecule has 3 heteroatoms. The van der Waals surface area contributed by atoms with Crippen LogP contribution in [0.15, 0.2) is 35.5 Å². The molecule has 0 saturated carbocycles. The molecule has 2 rings (SSSR count). The standard InChI is InChI=1S/C13H17NO2/c1-13(2)8-11(12(9-15)14-16-13)10-6-4-3-5-7-10/h3-7,11,15H,8-9H2,1-2H3. The van der Waals surface area contributed by atoms with Gasteiger partial charge in [0.1, 0.15) is 5.60 Å². The average Bonchev–Trinajstić information content (AvgIpc) is 2.29. The monoisotopic (exact) mass is 219 g/mol. The molecule has 0 amide bonds. The van der Waals surface area contributed by atoms with Crippen LogP contribution in [0, 0.1) is 0 Å². The van der Waals surface area contributed by atoms with Gasteiger partial charge in [0.15, 0.2) is 0 Å². The maximum absolute atomic E-state index is 9.28. The number of oxime groups is 1. The van der Waals surface area contributed by atoms with E-state index in [1.54, 1.807) is 0 Å². The molecular weight excluding hydrogens is 202 g/mol. The van der Waals surface area contributed by atoms with Crippen LogP contribution in [0.2, 0.25) is 0 Å². The molecule has 0 aromatic heterocycles. The predicted octanol–water partition coefficient (Wildman–Crippen LogP) is 2.32. The first kappa shape index (κ1) is 11.1. The SMILES string of the molecule is CC1(C)CC(c2ccccc2)C(CO)=NO1. The molecule has 1 heterocycles. The van der Waals surface area contributed by atoms with E-state index in [1.165, 1.54) is 5.56 Å². The lowest BCUT2D eigenvalue weighted by Crippen LogP contribution is -2.34. The Morgan fingerprint density at radius 2 is 2.06 bits per heavy atom. The Bertz CT molecular complexity index is 384. The van der Waals surface area contributed by atoms with Crippen LogP contribution in [0.4, 0.5) is 0 Å². The summed E-state index contributed by atoms with van der Waals surface area (Å²) in [5.41, 5.74) is 1.64. The predicted molar refractivity (Wildman–Crippen MR) is 63.5 cm³/mol. The quantitative estimate of drug-likeness (QED) is 0.829. The van der Waals surface area contributed by atoms with E-state index in [1.807, 2.05) is 32.0 Å². The van der Waals surface area contributed by atoms with Gasteiger partial charge in [-0.2, -0.15) is 0 Å². The molecular formula is C13H17NO2. The van der Waals surface area contributed by atoms with Crippen LogP contribution in [0.25, 0.3) is 0 Å². The Morgan fingerprint density at radius 3 is 2.69 bits per heavy atom. The highest BCUT2D eigenvalue weighted by molar-refractivity contribution is 5.92. The van der Waals surface area contributed by atoms with Crippen LogP contribution < -0.4 is 0 Å². The fourth-order valence-corrected chi connectivity index (χ4v) is 2.03. The normalized spacial score (nSPS) is 23.4. The molecule has 0 fully saturated rings. The van der Waals surface area contributed by atoms with Crippen LogP contribution >= 0.6 is 0 Å². The maximum atomic E-state index is 9.28. The molecule has 1 aromatic rings. The van der Waals surface area contributed by atoms with E-state index in [2.05, 4.69) is 17.3 Å². The summed E-state index contributed by atoms with van der Waals surface area (Å²) in [6, 6.07) is 10.1. The number of rotatable bonds is 2. The summed E-state index contributed by atoms with van der Waals surface area (Å²) in [5, 5.41) is 13.3. The van der Waals surface area contributed by atoms with E-state index in [9.17, 15) is 5.11 Å². The highest BCUT2D eigenvalue weighted by Crippen LogP contribution is 2.33. The molecule has 3 nitrogen and oxygen atoms in total. The summed E-state index contributed by atoms with van der Waals surface area (Å²) >= 11 is 0. The van der Waals surface area contributed by atoms with E-state index in [4.69, 9.17) is 4.84 Å². The van der Waals surface area contributed by atoms with Gasteiger partial charge in [-0.3, -0.25) is 0 Å². The Labute approximate surface area is 95.7 Å². The van der Waals surface area contributed by atoms with E-state index in [0.29, 0.717) is 5.71 Å². The van der Waals surface area contributed by atoms with Gasteiger partial charge >= 0.3 is 0 Å². The van der Waals surface area contributed by atoms with Gasteiger partial charge in [0, 0.05) is 12.3 Å². The molecule has 1 aliphatic heterocycles. The van der Waals surface area contributed by atoms with Gasteiger partial charge in [-0.1, -0.05) is 35.5 Å². The third kappa shape index (κ3) is 2.25. The Hall–Kier alpha value is -1.35. The van der Waals surface area contributed by atoms with Gasteiger partial charge in [0.25, 0.3) is 0 Å². The molecule has 1 unspecified atom stereocenters. The largest absolute Gasteiger partial charge is 0.390 e. The summed E-state index contributed by atoms with van der Waals surface area (Å²) in [4.78, 5) is 5.35. The van der Waals surface area contributed by atoms with Crippen LogP contribution in [0.3, 0.4) is 0 Å². The van der Waals surface area contributed by atoms with Crippen molar-refractivity contribution in [2.24, 2.45) is 5.16 Å². The van der Waals surface area contributed by atoms with Crippen molar-refractivity contribution in [2.75, 3.05) is 6.61 Å². The minimum absolute atomic E-state index is 0.0460. The second-order valence-electron chi connectivity index (χ2n) is 4.76. The number of nitrogens with zero attached hydrogens (tertiary/aromatic N) is 1. The Kier molecular flexibility index (Phi) is 2.97. The zero-order valence-corrected chi connectivity index (χ0v) is 9.68. The average molecular weight is 219 g/mol. The van der Waals surface area contributed by atoms with Crippen molar-refractivity contribution in [3.63, 3.8) is 0 Å². The minimum atomic E-state index is -0.265. The summed E-state index contributed by atoms with van der Waals surface area (Å²) in [5.74, 6) is 0.162. The van der Waals surface area contributed by atoms with Crippen molar-refractivity contribution >= 4 is 5.71 Å². The lowest BCUT2D eigenvalue weighted by Gasteiger charge is -2.33. The zero-order valence-electron chi connectivity index (χ0n) is 9.68. The first-order valence-corrected chi connectivity index (χ1v) is 5.53. The molecule has 0 aliphatic carbocycles. The number of aliphatic hydroxyl groups excluding tert-OH is 1. The topological polar surface area (TPSA) is 41.8 Å². The minimum Gasteiger partial charge on any atom is -0.390 e. The van der Waals surface area contributed by atoms with Gasteiger partial charge in [0.2, 0.25) is 0 Å². The lowest BCUT2D eigenvalue weighted by molar-refractivity contribution is -0.0343. The molecule has 1 atom stereocenters. The van der Waals surface area contributed by atoms with Gasteiger partial charge in [-0.05, 0) is 19.4 Å². The van der Waals surface area contributed by atoms with Crippen molar-refractivity contribution in [3.8, 4) is 0 Å². The van der Waals surface area contributed by atoms with Crippen LogP contribution in [0.5, 0.6) is 0 Å². The summed E-state index contributed by atoms with van der Waals surface area (Å²) in [7, 11) is 0.